The van der Waals surface area contributed by atoms with Gasteiger partial charge in [0.1, 0.15) is 16.2 Å². The molecule has 10 rings (SSSR count). The lowest BCUT2D eigenvalue weighted by Gasteiger charge is -2.10. The van der Waals surface area contributed by atoms with Crippen molar-refractivity contribution in [1.82, 2.24) is 19.9 Å². The molecule has 220 valence electrons. The van der Waals surface area contributed by atoms with E-state index in [1.165, 1.54) is 14.8 Å². The van der Waals surface area contributed by atoms with E-state index >= 15 is 0 Å². The fraction of sp³-hybridized carbons (Fsp3) is 0. The fourth-order valence-corrected chi connectivity index (χ4v) is 8.57. The normalized spacial score (nSPS) is 11.8. The van der Waals surface area contributed by atoms with Crippen LogP contribution in [0.15, 0.2) is 138 Å². The number of hydrogen-bond acceptors (Lipinski definition) is 7. The second-order valence-electron chi connectivity index (χ2n) is 11.4. The fourth-order valence-electron chi connectivity index (χ4n) is 6.45. The Hall–Kier alpha value is -5.76. The quantitative estimate of drug-likeness (QED) is 0.192. The minimum Gasteiger partial charge on any atom is -0.455 e. The maximum atomic E-state index is 6.79. The molecule has 0 spiro atoms. The van der Waals surface area contributed by atoms with Gasteiger partial charge in [0.05, 0.1) is 21.3 Å². The molecule has 0 saturated heterocycles. The molecule has 0 bridgehead atoms. The Bertz CT molecular complexity index is 2780. The molecule has 0 aliphatic carbocycles. The first-order valence-corrected chi connectivity index (χ1v) is 16.9. The Kier molecular flexibility index (Phi) is 5.85. The second-order valence-corrected chi connectivity index (χ2v) is 13.5. The molecule has 0 N–H and O–H groups in total. The summed E-state index contributed by atoms with van der Waals surface area (Å²) in [5, 5.41) is 5.34. The van der Waals surface area contributed by atoms with Crippen LogP contribution in [0.5, 0.6) is 0 Å². The molecule has 7 heteroatoms. The highest BCUT2D eigenvalue weighted by Gasteiger charge is 2.21. The van der Waals surface area contributed by atoms with Gasteiger partial charge in [-0.1, -0.05) is 97.1 Å². The van der Waals surface area contributed by atoms with E-state index in [1.54, 1.807) is 22.7 Å². The number of thiophene rings is 1. The number of furan rings is 1. The van der Waals surface area contributed by atoms with Gasteiger partial charge in [-0.25, -0.2) is 19.9 Å². The van der Waals surface area contributed by atoms with E-state index in [4.69, 9.17) is 24.4 Å². The van der Waals surface area contributed by atoms with E-state index in [2.05, 4.69) is 78.9 Å². The SMILES string of the molecule is c1ccc(-c2nc(-c3cccc4c3oc3c(-c5nc6ccccc6s5)cccc34)nc(-c3cccc4sc5ccccc5c34)n2)cc1. The topological polar surface area (TPSA) is 64.7 Å². The van der Waals surface area contributed by atoms with Crippen molar-refractivity contribution in [3.8, 4) is 44.7 Å². The Morgan fingerprint density at radius 3 is 1.83 bits per heavy atom. The molecule has 0 radical (unpaired) electrons. The molecule has 0 fully saturated rings. The van der Waals surface area contributed by atoms with E-state index in [0.29, 0.717) is 17.5 Å². The highest BCUT2D eigenvalue weighted by atomic mass is 32.1. The molecule has 0 atom stereocenters. The van der Waals surface area contributed by atoms with Gasteiger partial charge in [-0.3, -0.25) is 0 Å². The van der Waals surface area contributed by atoms with Crippen molar-refractivity contribution in [3.63, 3.8) is 0 Å². The summed E-state index contributed by atoms with van der Waals surface area (Å²) in [4.78, 5) is 20.3. The third-order valence-electron chi connectivity index (χ3n) is 8.60. The molecule has 5 nitrogen and oxygen atoms in total. The molecular formula is C40H22N4OS2. The molecular weight excluding hydrogens is 617 g/mol. The number of para-hydroxylation sites is 3. The Balaban J connectivity index is 1.23. The van der Waals surface area contributed by atoms with Crippen molar-refractivity contribution >= 4 is 75.0 Å². The van der Waals surface area contributed by atoms with Crippen molar-refractivity contribution < 1.29 is 4.42 Å². The molecule has 0 aliphatic heterocycles. The van der Waals surface area contributed by atoms with Gasteiger partial charge in [0, 0.05) is 42.1 Å². The van der Waals surface area contributed by atoms with Gasteiger partial charge in [0.2, 0.25) is 0 Å². The average molecular weight is 639 g/mol. The lowest BCUT2D eigenvalue weighted by Crippen LogP contribution is -2.00. The highest BCUT2D eigenvalue weighted by molar-refractivity contribution is 7.26. The van der Waals surface area contributed by atoms with Crippen LogP contribution in [0.1, 0.15) is 0 Å². The van der Waals surface area contributed by atoms with E-state index < -0.39 is 0 Å². The Morgan fingerprint density at radius 2 is 1.00 bits per heavy atom. The van der Waals surface area contributed by atoms with Crippen molar-refractivity contribution in [1.29, 1.82) is 0 Å². The first-order chi connectivity index (χ1) is 23.3. The number of fused-ring (bicyclic) bond motifs is 7. The van der Waals surface area contributed by atoms with E-state index in [1.807, 2.05) is 54.6 Å². The molecule has 4 heterocycles. The first-order valence-electron chi connectivity index (χ1n) is 15.3. The van der Waals surface area contributed by atoms with Crippen molar-refractivity contribution in [2.45, 2.75) is 0 Å². The lowest BCUT2D eigenvalue weighted by atomic mass is 10.0. The summed E-state index contributed by atoms with van der Waals surface area (Å²) < 4.78 is 10.4. The predicted octanol–water partition coefficient (Wildman–Crippen LogP) is 11.4. The van der Waals surface area contributed by atoms with E-state index in [0.717, 1.165) is 64.8 Å². The number of hydrogen-bond donors (Lipinski definition) is 0. The summed E-state index contributed by atoms with van der Waals surface area (Å²) in [6, 6.07) is 45.7. The van der Waals surface area contributed by atoms with Gasteiger partial charge in [-0.2, -0.15) is 0 Å². The standard InChI is InChI=1S/C40H22N4OS2/c1-2-11-23(12-3-1)37-42-38(27-16-10-22-33-34(27)26-13-4-6-20-31(26)46-33)44-39(43-37)28-17-8-14-24-25-15-9-18-29(36(25)45-35(24)28)40-41-30-19-5-7-21-32(30)47-40/h1-22H. The maximum absolute atomic E-state index is 6.79. The second kappa shape index (κ2) is 10.4. The van der Waals surface area contributed by atoms with Crippen LogP contribution in [0.3, 0.4) is 0 Å². The van der Waals surface area contributed by atoms with Crippen molar-refractivity contribution in [3.05, 3.63) is 133 Å². The van der Waals surface area contributed by atoms with Crippen LogP contribution in [0.4, 0.5) is 0 Å². The number of benzene rings is 6. The number of aromatic nitrogens is 4. The third-order valence-corrected chi connectivity index (χ3v) is 10.8. The highest BCUT2D eigenvalue weighted by Crippen LogP contribution is 2.43. The summed E-state index contributed by atoms with van der Waals surface area (Å²) in [6.07, 6.45) is 0. The Morgan fingerprint density at radius 1 is 0.404 bits per heavy atom. The van der Waals surface area contributed by atoms with Crippen LogP contribution >= 0.6 is 22.7 Å². The molecule has 4 aromatic heterocycles. The minimum absolute atomic E-state index is 0.566. The molecule has 6 aromatic carbocycles. The van der Waals surface area contributed by atoms with Crippen LogP contribution in [-0.2, 0) is 0 Å². The summed E-state index contributed by atoms with van der Waals surface area (Å²) in [7, 11) is 0. The molecule has 10 aromatic rings. The van der Waals surface area contributed by atoms with Crippen molar-refractivity contribution in [2.75, 3.05) is 0 Å². The maximum Gasteiger partial charge on any atom is 0.167 e. The zero-order valence-electron chi connectivity index (χ0n) is 24.7. The summed E-state index contributed by atoms with van der Waals surface area (Å²) >= 11 is 3.46. The van der Waals surface area contributed by atoms with Gasteiger partial charge in [0.15, 0.2) is 17.5 Å². The van der Waals surface area contributed by atoms with Gasteiger partial charge in [0.25, 0.3) is 0 Å². The van der Waals surface area contributed by atoms with Gasteiger partial charge in [-0.15, -0.1) is 22.7 Å². The summed E-state index contributed by atoms with van der Waals surface area (Å²) in [5.74, 6) is 1.81. The van der Waals surface area contributed by atoms with Gasteiger partial charge < -0.3 is 4.42 Å². The number of rotatable bonds is 4. The Labute approximate surface area is 276 Å². The molecule has 0 amide bonds. The van der Waals surface area contributed by atoms with Crippen LogP contribution in [0.2, 0.25) is 0 Å². The van der Waals surface area contributed by atoms with Crippen LogP contribution in [0.25, 0.3) is 97.1 Å². The molecule has 0 unspecified atom stereocenters. The molecule has 0 saturated carbocycles. The summed E-state index contributed by atoms with van der Waals surface area (Å²) in [5.41, 5.74) is 6.24. The van der Waals surface area contributed by atoms with Crippen LogP contribution in [0, 0.1) is 0 Å². The van der Waals surface area contributed by atoms with E-state index in [9.17, 15) is 0 Å². The number of nitrogens with zero attached hydrogens (tertiary/aromatic N) is 4. The largest absolute Gasteiger partial charge is 0.455 e. The number of thiazole rings is 1. The van der Waals surface area contributed by atoms with Gasteiger partial charge in [-0.05, 0) is 36.4 Å². The lowest BCUT2D eigenvalue weighted by molar-refractivity contribution is 0.670. The van der Waals surface area contributed by atoms with Crippen LogP contribution in [-0.4, -0.2) is 19.9 Å². The summed E-state index contributed by atoms with van der Waals surface area (Å²) in [6.45, 7) is 0. The molecule has 47 heavy (non-hydrogen) atoms. The van der Waals surface area contributed by atoms with Crippen molar-refractivity contribution in [2.24, 2.45) is 0 Å². The monoisotopic (exact) mass is 638 g/mol. The average Bonchev–Trinajstić information content (AvgIpc) is 3.85. The minimum atomic E-state index is 0.566. The molecule has 0 aliphatic rings. The van der Waals surface area contributed by atoms with Gasteiger partial charge >= 0.3 is 0 Å². The zero-order valence-corrected chi connectivity index (χ0v) is 26.3. The predicted molar refractivity (Wildman–Crippen MR) is 195 cm³/mol. The third kappa shape index (κ3) is 4.21. The zero-order chi connectivity index (χ0) is 30.9. The first kappa shape index (κ1) is 26.5. The smallest absolute Gasteiger partial charge is 0.167 e. The van der Waals surface area contributed by atoms with Crippen LogP contribution < -0.4 is 0 Å². The van der Waals surface area contributed by atoms with E-state index in [-0.39, 0.29) is 0 Å².